The number of nitrogens with two attached hydrogens (primary N) is 1. The minimum atomic E-state index is -2.20. The Balaban J connectivity index is 1.36. The molecule has 6 heterocycles. The first-order valence-corrected chi connectivity index (χ1v) is 40.3. The summed E-state index contributed by atoms with van der Waals surface area (Å²) in [5.74, 6) is -16.9. The number of ether oxygens (including phenoxy) is 8. The van der Waals surface area contributed by atoms with Gasteiger partial charge in [-0.15, -0.1) is 0 Å². The van der Waals surface area contributed by atoms with Crippen LogP contribution in [0.15, 0.2) is 0 Å². The van der Waals surface area contributed by atoms with Gasteiger partial charge in [-0.3, -0.25) is 67.1 Å². The van der Waals surface area contributed by atoms with E-state index in [0.29, 0.717) is 0 Å². The fraction of sp³-hybridized carbons (Fsp3) is 0.808. The lowest BCUT2D eigenvalue weighted by Gasteiger charge is -2.48. The molecule has 6 rings (SSSR count). The number of carboxylic acid groups (broad SMARTS) is 1. The van der Waals surface area contributed by atoms with Crippen molar-refractivity contribution in [3.8, 4) is 0 Å². The van der Waals surface area contributed by atoms with Crippen molar-refractivity contribution in [1.29, 1.82) is 0 Å². The van der Waals surface area contributed by atoms with Crippen LogP contribution < -0.4 is 64.2 Å². The molecule has 0 unspecified atom stereocenters. The first-order valence-electron chi connectivity index (χ1n) is 40.3. The van der Waals surface area contributed by atoms with Crippen LogP contribution in [0.5, 0.6) is 0 Å². The number of amides is 13. The summed E-state index contributed by atoms with van der Waals surface area (Å²) >= 11 is 0. The fourth-order valence-electron chi connectivity index (χ4n) is 15.0. The maximum absolute atomic E-state index is 15.5. The average molecular weight is 1790 g/mol. The highest BCUT2D eigenvalue weighted by molar-refractivity contribution is 5.99. The number of hydrogen-bond donors (Lipinski definition) is 27. The molecule has 51 heteroatoms. The van der Waals surface area contributed by atoms with Gasteiger partial charge in [-0.2, -0.15) is 0 Å². The number of hydrogen-bond acceptors (Lipinski definition) is 37. The Bertz CT molecular complexity index is 3670. The number of aliphatic hydroxyl groups excluding tert-OH is 14. The summed E-state index contributed by atoms with van der Waals surface area (Å²) in [5.41, 5.74) is 5.84. The minimum absolute atomic E-state index is 0.0114. The average Bonchev–Trinajstić information content (AvgIpc) is 0.953. The van der Waals surface area contributed by atoms with E-state index in [1.807, 2.05) is 5.32 Å². The first kappa shape index (κ1) is 104. The summed E-state index contributed by atoms with van der Waals surface area (Å²) in [4.78, 5) is 196. The summed E-state index contributed by atoms with van der Waals surface area (Å²) in [6, 6.07) is -24.0. The molecule has 124 heavy (non-hydrogen) atoms. The van der Waals surface area contributed by atoms with Gasteiger partial charge in [-0.25, -0.2) is 0 Å². The van der Waals surface area contributed by atoms with Gasteiger partial charge in [0.1, 0.15) is 158 Å². The van der Waals surface area contributed by atoms with Crippen molar-refractivity contribution in [3.05, 3.63) is 0 Å². The second-order valence-corrected chi connectivity index (χ2v) is 31.8. The van der Waals surface area contributed by atoms with Crippen molar-refractivity contribution < 1.29 is 182 Å². The zero-order chi connectivity index (χ0) is 93.2. The molecule has 0 bridgehead atoms. The Labute approximate surface area is 710 Å². The van der Waals surface area contributed by atoms with Gasteiger partial charge in [0.15, 0.2) is 25.2 Å². The largest absolute Gasteiger partial charge is 0.480 e. The van der Waals surface area contributed by atoms with Gasteiger partial charge in [0.05, 0.1) is 63.1 Å². The van der Waals surface area contributed by atoms with Crippen molar-refractivity contribution in [2.24, 2.45) is 11.7 Å². The van der Waals surface area contributed by atoms with Crippen molar-refractivity contribution in [2.75, 3.05) is 46.1 Å². The van der Waals surface area contributed by atoms with Gasteiger partial charge >= 0.3 is 5.97 Å². The van der Waals surface area contributed by atoms with Crippen molar-refractivity contribution >= 4 is 82.8 Å². The highest BCUT2D eigenvalue weighted by Gasteiger charge is 2.57. The SMILES string of the molecule is CC(=O)N[C@H]1[C@H](O[C@H]2[C@@H](O)[C@@H](CO)O[C@H](O[C@H](C)[C@H](NC(=O)[C@@H](NC(=O)[C@@H](N)[C@@H](C)O)[C@@H](C)O)C(=O)N[C@H](C(=O)N[C@H](C(=O)N3CCC[C@H]3C(=O)N[C@H](C(=O)N3CCC[C@H]3C(=O)N[C@H](C(=O)NCC(=O)O)[C@@H](C)O)[C@@H](C)O[C@H]3O[C@H](CO)[C@H](O)[C@H](O[C@@H]4O[C@H](CO)[C@@H](O)[C@H](O)[C@H]4NC(C)=O)[C@H]3NC(C)=O)[C@@H](C)O)C(C)C)[C@@H]2NC(C)=O)O[C@H](CO)[C@@H](O)[C@@H]1O. The van der Waals surface area contributed by atoms with E-state index in [2.05, 4.69) is 53.2 Å². The third kappa shape index (κ3) is 26.7. The Hall–Kier alpha value is -8.34. The van der Waals surface area contributed by atoms with E-state index in [1.54, 1.807) is 0 Å². The molecule has 0 aromatic rings. The summed E-state index contributed by atoms with van der Waals surface area (Å²) < 4.78 is 48.5. The second-order valence-electron chi connectivity index (χ2n) is 31.8. The molecule has 0 radical (unpaired) electrons. The summed E-state index contributed by atoms with van der Waals surface area (Å²) in [6.07, 6.45) is -41.0. The zero-order valence-corrected chi connectivity index (χ0v) is 70.2. The molecule has 0 aromatic heterocycles. The molecule has 0 aliphatic carbocycles. The predicted octanol–water partition coefficient (Wildman–Crippen LogP) is -15.8. The maximum Gasteiger partial charge on any atom is 0.322 e. The lowest BCUT2D eigenvalue weighted by Crippen LogP contribution is -2.70. The fourth-order valence-corrected chi connectivity index (χ4v) is 15.0. The molecular weight excluding hydrogens is 1660 g/mol. The number of carboxylic acids is 1. The van der Waals surface area contributed by atoms with Crippen LogP contribution >= 0.6 is 0 Å². The summed E-state index contributed by atoms with van der Waals surface area (Å²) in [7, 11) is 0. The summed E-state index contributed by atoms with van der Waals surface area (Å²) in [5, 5.41) is 187. The number of carbonyl (C=O) groups is 14. The van der Waals surface area contributed by atoms with Crippen LogP contribution in [0.2, 0.25) is 0 Å². The first-order chi connectivity index (χ1) is 58.0. The van der Waals surface area contributed by atoms with Crippen molar-refractivity contribution in [1.82, 2.24) is 68.3 Å². The number of nitrogens with one attached hydrogen (secondary N) is 11. The van der Waals surface area contributed by atoms with E-state index >= 15 is 19.2 Å². The maximum atomic E-state index is 15.5. The van der Waals surface area contributed by atoms with Crippen LogP contribution in [0.3, 0.4) is 0 Å². The van der Waals surface area contributed by atoms with E-state index in [-0.39, 0.29) is 38.8 Å². The number of nitrogens with zero attached hydrogens (tertiary/aromatic N) is 2. The van der Waals surface area contributed by atoms with Crippen LogP contribution in [0.1, 0.15) is 109 Å². The Morgan fingerprint density at radius 3 is 1.09 bits per heavy atom. The number of likely N-dealkylation sites (tertiary alicyclic amines) is 2. The third-order valence-corrected chi connectivity index (χ3v) is 21.6. The molecule has 6 saturated heterocycles. The molecule has 51 nitrogen and oxygen atoms in total. The van der Waals surface area contributed by atoms with E-state index in [0.717, 1.165) is 72.1 Å². The van der Waals surface area contributed by atoms with Gasteiger partial charge in [0, 0.05) is 40.8 Å². The number of carbonyl (C=O) groups excluding carboxylic acids is 13. The lowest BCUT2D eigenvalue weighted by molar-refractivity contribution is -0.332. The Kier molecular flexibility index (Phi) is 39.5. The van der Waals surface area contributed by atoms with Crippen LogP contribution in [0.4, 0.5) is 0 Å². The van der Waals surface area contributed by atoms with E-state index in [1.165, 1.54) is 20.8 Å². The molecule has 6 fully saturated rings. The topological polar surface area (TPSA) is 781 Å². The molecule has 35 atom stereocenters. The van der Waals surface area contributed by atoms with Gasteiger partial charge in [-0.05, 0) is 73.1 Å². The normalized spacial score (nSPS) is 32.1. The van der Waals surface area contributed by atoms with Crippen LogP contribution in [-0.2, 0) is 105 Å². The Morgan fingerprint density at radius 1 is 0.395 bits per heavy atom. The molecule has 706 valence electrons. The standard InChI is InChI=1S/C73H122N14O37/c1-24(2)43(80-67(114)47(84-66(113)45(27(5)94)82-63(110)42(74)25(3)92)29(7)117-72-51(78-33(11)98)59(55(104)39(22-90)121-72)123-70-49(76-31(9)96)57(106)53(102)37(20-88)119-70)65(112)83-46(28(6)95)68(115)86-17-13-16-36(86)62(109)85-48(69(116)87-18-14-15-35(87)61(108)81-44(26(4)93)64(111)75-19-41(100)101)30(8)118-73-52(79-34(12)99)60(56(105)40(23-91)122-73)124-71-50(77-32(10)97)58(107)54(103)38(21-89)120-71/h24-30,35-40,42-60,70-73,88-95,102-107H,13-23,74H2,1-12H3,(H,75,111)(H,76,96)(H,77,97)(H,78,98)(H,79,99)(H,80,114)(H,81,108)(H,82,110)(H,83,112)(H,84,113)(H,85,109)(H,100,101)/t25-,26-,27-,28-,29-,30-,35+,36+,37-,38-,39-,40-,42+,43+,44+,45+,46+,47+,48+,49-,50-,51-,52-,53-,54-,55+,56+,57-,58-,59-,60-,70+,71+,72+,73+/m1/s1. The highest BCUT2D eigenvalue weighted by atomic mass is 16.7. The van der Waals surface area contributed by atoms with Gasteiger partial charge in [0.2, 0.25) is 76.8 Å². The third-order valence-electron chi connectivity index (χ3n) is 21.6. The zero-order valence-electron chi connectivity index (χ0n) is 70.2. The van der Waals surface area contributed by atoms with Crippen LogP contribution in [0, 0.1) is 5.92 Å². The smallest absolute Gasteiger partial charge is 0.322 e. The molecular formula is C73H122N14O37. The molecule has 13 amide bonds. The monoisotopic (exact) mass is 1790 g/mol. The molecule has 0 saturated carbocycles. The molecule has 6 aliphatic heterocycles. The van der Waals surface area contributed by atoms with Crippen LogP contribution in [-0.4, -0.2) is 429 Å². The van der Waals surface area contributed by atoms with E-state index < -0.39 is 335 Å². The number of rotatable bonds is 40. The van der Waals surface area contributed by atoms with Crippen LogP contribution in [0.25, 0.3) is 0 Å². The number of aliphatic carboxylic acids is 1. The molecule has 6 aliphatic rings. The highest BCUT2D eigenvalue weighted by Crippen LogP contribution is 2.35. The molecule has 0 aromatic carbocycles. The molecule has 0 spiro atoms. The van der Waals surface area contributed by atoms with Crippen molar-refractivity contribution in [2.45, 2.75) is 322 Å². The minimum Gasteiger partial charge on any atom is -0.480 e. The second kappa shape index (κ2) is 46.9. The van der Waals surface area contributed by atoms with Gasteiger partial charge < -0.3 is 189 Å². The van der Waals surface area contributed by atoms with E-state index in [9.17, 15) is 125 Å². The Morgan fingerprint density at radius 2 is 0.718 bits per heavy atom. The van der Waals surface area contributed by atoms with E-state index in [4.69, 9.17) is 43.6 Å². The quantitative estimate of drug-likeness (QED) is 0.0271. The van der Waals surface area contributed by atoms with Gasteiger partial charge in [-0.1, -0.05) is 13.8 Å². The van der Waals surface area contributed by atoms with Gasteiger partial charge in [0.25, 0.3) is 0 Å². The summed E-state index contributed by atoms with van der Waals surface area (Å²) in [6.45, 7) is 7.78. The van der Waals surface area contributed by atoms with Crippen molar-refractivity contribution in [3.63, 3.8) is 0 Å². The number of aliphatic hydroxyl groups is 14. The predicted molar refractivity (Wildman–Crippen MR) is 412 cm³/mol. The lowest BCUT2D eigenvalue weighted by atomic mass is 9.94. The molecule has 28 N–H and O–H groups in total.